The molecule has 0 heterocycles. The SMILES string of the molecule is COc1ccc(S(=O)(=O)N[C@]2(C#N)CCC[C@H](C)C2)cc1. The summed E-state index contributed by atoms with van der Waals surface area (Å²) in [5.41, 5.74) is -0.990. The number of rotatable bonds is 4. The fourth-order valence-electron chi connectivity index (χ4n) is 2.84. The maximum atomic E-state index is 12.5. The maximum Gasteiger partial charge on any atom is 0.241 e. The Morgan fingerprint density at radius 3 is 2.57 bits per heavy atom. The van der Waals surface area contributed by atoms with Crippen molar-refractivity contribution >= 4 is 10.0 Å². The van der Waals surface area contributed by atoms with Gasteiger partial charge in [-0.1, -0.05) is 19.8 Å². The first-order valence-electron chi connectivity index (χ1n) is 7.00. The summed E-state index contributed by atoms with van der Waals surface area (Å²) in [6.45, 7) is 2.05. The second-order valence-electron chi connectivity index (χ2n) is 5.68. The second-order valence-corrected chi connectivity index (χ2v) is 7.36. The minimum atomic E-state index is -3.71. The minimum absolute atomic E-state index is 0.149. The minimum Gasteiger partial charge on any atom is -0.497 e. The molecule has 21 heavy (non-hydrogen) atoms. The molecule has 0 spiro atoms. The summed E-state index contributed by atoms with van der Waals surface area (Å²) < 4.78 is 32.6. The van der Waals surface area contributed by atoms with Crippen LogP contribution in [0.3, 0.4) is 0 Å². The van der Waals surface area contributed by atoms with E-state index in [4.69, 9.17) is 4.74 Å². The molecule has 5 nitrogen and oxygen atoms in total. The van der Waals surface area contributed by atoms with Crippen molar-refractivity contribution in [3.63, 3.8) is 0 Å². The van der Waals surface area contributed by atoms with E-state index in [1.54, 1.807) is 12.1 Å². The van der Waals surface area contributed by atoms with Crippen LogP contribution in [0.15, 0.2) is 29.2 Å². The van der Waals surface area contributed by atoms with Crippen LogP contribution in [0.1, 0.15) is 32.6 Å². The van der Waals surface area contributed by atoms with Crippen molar-refractivity contribution in [3.05, 3.63) is 24.3 Å². The fourth-order valence-corrected chi connectivity index (χ4v) is 4.20. The first-order chi connectivity index (χ1) is 9.91. The van der Waals surface area contributed by atoms with Gasteiger partial charge in [0.15, 0.2) is 0 Å². The van der Waals surface area contributed by atoms with Gasteiger partial charge in [0.1, 0.15) is 11.3 Å². The number of nitriles is 1. The Hall–Kier alpha value is -1.58. The molecule has 2 rings (SSSR count). The van der Waals surface area contributed by atoms with Gasteiger partial charge in [-0.25, -0.2) is 8.42 Å². The summed E-state index contributed by atoms with van der Waals surface area (Å²) >= 11 is 0. The van der Waals surface area contributed by atoms with Crippen LogP contribution in [-0.4, -0.2) is 21.1 Å². The molecule has 1 N–H and O–H groups in total. The van der Waals surface area contributed by atoms with Crippen molar-refractivity contribution < 1.29 is 13.2 Å². The normalized spacial score (nSPS) is 26.0. The number of methoxy groups -OCH3 is 1. The van der Waals surface area contributed by atoms with Crippen LogP contribution in [0.4, 0.5) is 0 Å². The summed E-state index contributed by atoms with van der Waals surface area (Å²) in [6, 6.07) is 8.34. The van der Waals surface area contributed by atoms with E-state index in [2.05, 4.69) is 10.8 Å². The van der Waals surface area contributed by atoms with Crippen LogP contribution in [0, 0.1) is 17.2 Å². The number of hydrogen-bond donors (Lipinski definition) is 1. The molecule has 1 aromatic rings. The van der Waals surface area contributed by atoms with Gasteiger partial charge in [0, 0.05) is 0 Å². The first kappa shape index (κ1) is 15.8. The molecule has 1 aliphatic rings. The summed E-state index contributed by atoms with van der Waals surface area (Å²) in [7, 11) is -2.18. The zero-order valence-corrected chi connectivity index (χ0v) is 13.1. The molecule has 1 aliphatic carbocycles. The van der Waals surface area contributed by atoms with Crippen LogP contribution >= 0.6 is 0 Å². The third-order valence-corrected chi connectivity index (χ3v) is 5.46. The van der Waals surface area contributed by atoms with Gasteiger partial charge >= 0.3 is 0 Å². The van der Waals surface area contributed by atoms with E-state index in [-0.39, 0.29) is 4.90 Å². The molecule has 2 atom stereocenters. The predicted molar refractivity (Wildman–Crippen MR) is 79.3 cm³/mol. The van der Waals surface area contributed by atoms with E-state index >= 15 is 0 Å². The van der Waals surface area contributed by atoms with Gasteiger partial charge in [0.05, 0.1) is 18.1 Å². The standard InChI is InChI=1S/C15H20N2O3S/c1-12-4-3-9-15(10-12,11-16)17-21(18,19)14-7-5-13(20-2)6-8-14/h5-8,12,17H,3-4,9-10H2,1-2H3/t12-,15+/m0/s1. The van der Waals surface area contributed by atoms with Crippen molar-refractivity contribution in [1.82, 2.24) is 4.72 Å². The number of ether oxygens (including phenoxy) is 1. The largest absolute Gasteiger partial charge is 0.497 e. The lowest BCUT2D eigenvalue weighted by Crippen LogP contribution is -2.49. The highest BCUT2D eigenvalue weighted by molar-refractivity contribution is 7.89. The van der Waals surface area contributed by atoms with Crippen LogP contribution in [0.5, 0.6) is 5.75 Å². The molecule has 114 valence electrons. The summed E-state index contributed by atoms with van der Waals surface area (Å²) in [4.78, 5) is 0.149. The van der Waals surface area contributed by atoms with Crippen LogP contribution < -0.4 is 9.46 Å². The Balaban J connectivity index is 2.24. The third kappa shape index (κ3) is 3.55. The molecule has 1 fully saturated rings. The summed E-state index contributed by atoms with van der Waals surface area (Å²) in [5.74, 6) is 0.937. The van der Waals surface area contributed by atoms with E-state index in [0.717, 1.165) is 12.8 Å². The molecular weight excluding hydrogens is 288 g/mol. The number of benzene rings is 1. The maximum absolute atomic E-state index is 12.5. The predicted octanol–water partition coefficient (Wildman–Crippen LogP) is 2.45. The van der Waals surface area contributed by atoms with Crippen molar-refractivity contribution in [2.24, 2.45) is 5.92 Å². The number of nitrogens with one attached hydrogen (secondary N) is 1. The van der Waals surface area contributed by atoms with Gasteiger partial charge in [-0.05, 0) is 43.0 Å². The third-order valence-electron chi connectivity index (χ3n) is 3.91. The van der Waals surface area contributed by atoms with Gasteiger partial charge in [-0.3, -0.25) is 0 Å². The van der Waals surface area contributed by atoms with Crippen LogP contribution in [-0.2, 0) is 10.0 Å². The Morgan fingerprint density at radius 1 is 1.38 bits per heavy atom. The topological polar surface area (TPSA) is 79.2 Å². The van der Waals surface area contributed by atoms with Gasteiger partial charge < -0.3 is 4.74 Å². The highest BCUT2D eigenvalue weighted by atomic mass is 32.2. The van der Waals surface area contributed by atoms with Gasteiger partial charge in [0.25, 0.3) is 0 Å². The smallest absolute Gasteiger partial charge is 0.241 e. The zero-order valence-electron chi connectivity index (χ0n) is 12.3. The van der Waals surface area contributed by atoms with E-state index in [9.17, 15) is 13.7 Å². The van der Waals surface area contributed by atoms with E-state index in [0.29, 0.717) is 24.5 Å². The van der Waals surface area contributed by atoms with E-state index in [1.165, 1.54) is 19.2 Å². The van der Waals surface area contributed by atoms with E-state index < -0.39 is 15.6 Å². The molecule has 0 aromatic heterocycles. The van der Waals surface area contributed by atoms with Crippen LogP contribution in [0.2, 0.25) is 0 Å². The molecule has 1 aromatic carbocycles. The molecule has 6 heteroatoms. The quantitative estimate of drug-likeness (QED) is 0.926. The van der Waals surface area contributed by atoms with Crippen molar-refractivity contribution in [2.75, 3.05) is 7.11 Å². The Bertz CT molecular complexity index is 634. The Kier molecular flexibility index (Phi) is 4.55. The highest BCUT2D eigenvalue weighted by Crippen LogP contribution is 2.33. The van der Waals surface area contributed by atoms with Gasteiger partial charge in [0.2, 0.25) is 10.0 Å². The Labute approximate surface area is 126 Å². The molecule has 1 saturated carbocycles. The second kappa shape index (κ2) is 6.04. The number of nitrogens with zero attached hydrogens (tertiary/aromatic N) is 1. The molecule has 0 radical (unpaired) electrons. The van der Waals surface area contributed by atoms with Gasteiger partial charge in [-0.15, -0.1) is 0 Å². The molecule has 0 bridgehead atoms. The molecule has 0 unspecified atom stereocenters. The molecule has 0 aliphatic heterocycles. The van der Waals surface area contributed by atoms with Crippen LogP contribution in [0.25, 0.3) is 0 Å². The molecule has 0 amide bonds. The van der Waals surface area contributed by atoms with E-state index in [1.807, 2.05) is 6.92 Å². The zero-order chi connectivity index (χ0) is 15.5. The average Bonchev–Trinajstić information content (AvgIpc) is 2.47. The lowest BCUT2D eigenvalue weighted by atomic mass is 9.78. The monoisotopic (exact) mass is 308 g/mol. The van der Waals surface area contributed by atoms with Crippen molar-refractivity contribution in [3.8, 4) is 11.8 Å². The number of hydrogen-bond acceptors (Lipinski definition) is 4. The number of sulfonamides is 1. The lowest BCUT2D eigenvalue weighted by Gasteiger charge is -2.34. The molecule has 0 saturated heterocycles. The first-order valence-corrected chi connectivity index (χ1v) is 8.48. The van der Waals surface area contributed by atoms with Crippen molar-refractivity contribution in [1.29, 1.82) is 5.26 Å². The van der Waals surface area contributed by atoms with Gasteiger partial charge in [-0.2, -0.15) is 9.98 Å². The summed E-state index contributed by atoms with van der Waals surface area (Å²) in [6.07, 6.45) is 3.01. The molecular formula is C15H20N2O3S. The summed E-state index contributed by atoms with van der Waals surface area (Å²) in [5, 5.41) is 9.45. The van der Waals surface area contributed by atoms with Crippen molar-refractivity contribution in [2.45, 2.75) is 43.0 Å². The highest BCUT2D eigenvalue weighted by Gasteiger charge is 2.39. The fraction of sp³-hybridized carbons (Fsp3) is 0.533. The Morgan fingerprint density at radius 2 is 2.05 bits per heavy atom. The lowest BCUT2D eigenvalue weighted by molar-refractivity contribution is 0.270. The average molecular weight is 308 g/mol.